The van der Waals surface area contributed by atoms with Gasteiger partial charge in [-0.3, -0.25) is 4.99 Å². The number of benzene rings is 4. The highest BCUT2D eigenvalue weighted by Crippen LogP contribution is 2.24. The zero-order chi connectivity index (χ0) is 27.7. The number of hydrogen-bond acceptors (Lipinski definition) is 8. The number of phenolic OH excluding ortho intramolecular Hbond substituents is 1. The first kappa shape index (κ1) is 26.8. The molecule has 0 saturated heterocycles. The van der Waals surface area contributed by atoms with Gasteiger partial charge in [-0.2, -0.15) is 4.68 Å². The molecule has 1 heterocycles. The number of carbonyl (C=O) groups excluding carboxylic acids is 1. The molecule has 0 saturated carbocycles. The maximum Gasteiger partial charge on any atom is 0.330 e. The number of aliphatic imine (C=N–C) groups is 1. The summed E-state index contributed by atoms with van der Waals surface area (Å²) in [5.41, 5.74) is 5.38. The number of methoxy groups -OCH3 is 1. The molecule has 1 aromatic heterocycles. The van der Waals surface area contributed by atoms with Gasteiger partial charge in [-0.15, -0.1) is 5.10 Å². The summed E-state index contributed by atoms with van der Waals surface area (Å²) in [4.78, 5) is 17.8. The molecule has 0 fully saturated rings. The smallest absolute Gasteiger partial charge is 0.330 e. The van der Waals surface area contributed by atoms with E-state index in [1.165, 1.54) is 18.9 Å². The second kappa shape index (κ2) is 12.9. The quantitative estimate of drug-likeness (QED) is 0.144. The third kappa shape index (κ3) is 6.62. The number of hydrogen-bond donors (Lipinski definition) is 1. The van der Waals surface area contributed by atoms with E-state index in [2.05, 4.69) is 21.6 Å². The summed E-state index contributed by atoms with van der Waals surface area (Å²) in [6, 6.07) is 33.7. The summed E-state index contributed by atoms with van der Waals surface area (Å²) in [5, 5.41) is 22.2. The number of nitrogens with zero attached hydrogens (tertiary/aromatic N) is 5. The Morgan fingerprint density at radius 1 is 0.900 bits per heavy atom. The highest BCUT2D eigenvalue weighted by atomic mass is 32.2. The number of esters is 1. The molecule has 5 aromatic rings. The van der Waals surface area contributed by atoms with Gasteiger partial charge in [-0.05, 0) is 45.8 Å². The Morgan fingerprint density at radius 3 is 2.20 bits per heavy atom. The Morgan fingerprint density at radius 2 is 1.55 bits per heavy atom. The van der Waals surface area contributed by atoms with Crippen molar-refractivity contribution in [2.24, 2.45) is 4.99 Å². The van der Waals surface area contributed by atoms with E-state index in [1.54, 1.807) is 28.9 Å². The van der Waals surface area contributed by atoms with Crippen LogP contribution in [0.3, 0.4) is 0 Å². The normalized spacial score (nSPS) is 11.5. The minimum Gasteiger partial charge on any atom is -0.508 e. The number of ether oxygens (including phenoxy) is 1. The lowest BCUT2D eigenvalue weighted by atomic mass is 10.00. The van der Waals surface area contributed by atoms with E-state index < -0.39 is 12.0 Å². The molecular weight excluding hydrogens is 522 g/mol. The van der Waals surface area contributed by atoms with Crippen LogP contribution >= 0.6 is 11.8 Å². The molecule has 0 radical (unpaired) electrons. The van der Waals surface area contributed by atoms with Crippen LogP contribution in [0.5, 0.6) is 5.75 Å². The first-order valence-electron chi connectivity index (χ1n) is 12.7. The van der Waals surface area contributed by atoms with Crippen molar-refractivity contribution in [2.75, 3.05) is 7.11 Å². The van der Waals surface area contributed by atoms with Gasteiger partial charge in [0.15, 0.2) is 6.04 Å². The van der Waals surface area contributed by atoms with E-state index in [0.29, 0.717) is 17.3 Å². The summed E-state index contributed by atoms with van der Waals surface area (Å²) in [7, 11) is 1.39. The van der Waals surface area contributed by atoms with Crippen molar-refractivity contribution < 1.29 is 14.6 Å². The van der Waals surface area contributed by atoms with Crippen LogP contribution in [-0.2, 0) is 21.7 Å². The van der Waals surface area contributed by atoms with Crippen molar-refractivity contribution in [1.29, 1.82) is 0 Å². The van der Waals surface area contributed by atoms with E-state index in [1.807, 2.05) is 78.9 Å². The molecule has 9 heteroatoms. The summed E-state index contributed by atoms with van der Waals surface area (Å²) < 4.78 is 6.79. The van der Waals surface area contributed by atoms with Crippen molar-refractivity contribution in [3.05, 3.63) is 131 Å². The van der Waals surface area contributed by atoms with Crippen LogP contribution in [0, 0.1) is 0 Å². The zero-order valence-electron chi connectivity index (χ0n) is 21.8. The van der Waals surface area contributed by atoms with E-state index >= 15 is 0 Å². The lowest BCUT2D eigenvalue weighted by Gasteiger charge is -2.15. The fourth-order valence-electron chi connectivity index (χ4n) is 4.22. The molecule has 4 aromatic carbocycles. The van der Waals surface area contributed by atoms with Crippen LogP contribution in [0.4, 0.5) is 0 Å². The van der Waals surface area contributed by atoms with Crippen molar-refractivity contribution in [3.8, 4) is 11.4 Å². The van der Waals surface area contributed by atoms with Crippen LogP contribution in [0.1, 0.15) is 22.3 Å². The van der Waals surface area contributed by atoms with Crippen molar-refractivity contribution in [3.63, 3.8) is 0 Å². The van der Waals surface area contributed by atoms with Crippen LogP contribution in [0.2, 0.25) is 0 Å². The molecule has 8 nitrogen and oxygen atoms in total. The molecule has 1 atom stereocenters. The van der Waals surface area contributed by atoms with Gasteiger partial charge in [-0.1, -0.05) is 96.7 Å². The van der Waals surface area contributed by atoms with Crippen molar-refractivity contribution in [2.45, 2.75) is 23.4 Å². The van der Waals surface area contributed by atoms with Gasteiger partial charge in [0.1, 0.15) is 5.75 Å². The largest absolute Gasteiger partial charge is 0.508 e. The zero-order valence-corrected chi connectivity index (χ0v) is 22.6. The number of carbonyl (C=O) groups is 1. The summed E-state index contributed by atoms with van der Waals surface area (Å²) in [5.74, 6) is 0.409. The minimum atomic E-state index is -0.717. The Balaban J connectivity index is 1.37. The van der Waals surface area contributed by atoms with Gasteiger partial charge in [0.25, 0.3) is 0 Å². The fourth-order valence-corrected chi connectivity index (χ4v) is 5.06. The topological polar surface area (TPSA) is 102 Å². The molecule has 5 rings (SSSR count). The Labute approximate surface area is 236 Å². The molecular formula is C31H27N5O3S. The maximum atomic E-state index is 12.9. The van der Waals surface area contributed by atoms with Crippen LogP contribution in [0.25, 0.3) is 5.69 Å². The van der Waals surface area contributed by atoms with Gasteiger partial charge >= 0.3 is 5.97 Å². The van der Waals surface area contributed by atoms with Gasteiger partial charge < -0.3 is 9.84 Å². The molecule has 0 amide bonds. The predicted octanol–water partition coefficient (Wildman–Crippen LogP) is 5.28. The fraction of sp³-hybridized carbons (Fsp3) is 0.129. The summed E-state index contributed by atoms with van der Waals surface area (Å²) in [6.45, 7) is 0. The second-order valence-electron chi connectivity index (χ2n) is 8.95. The molecule has 0 aliphatic heterocycles. The second-order valence-corrected chi connectivity index (χ2v) is 9.89. The summed E-state index contributed by atoms with van der Waals surface area (Å²) >= 11 is 1.49. The lowest BCUT2D eigenvalue weighted by Crippen LogP contribution is -2.25. The third-order valence-corrected chi connectivity index (χ3v) is 7.17. The monoisotopic (exact) mass is 549 g/mol. The Kier molecular flexibility index (Phi) is 8.63. The van der Waals surface area contributed by atoms with Crippen LogP contribution in [-0.4, -0.2) is 50.1 Å². The lowest BCUT2D eigenvalue weighted by molar-refractivity contribution is -0.142. The van der Waals surface area contributed by atoms with Gasteiger partial charge in [0.05, 0.1) is 18.5 Å². The molecule has 0 spiro atoms. The van der Waals surface area contributed by atoms with Gasteiger partial charge in [-0.25, -0.2) is 4.79 Å². The Hall–Kier alpha value is -4.76. The number of aromatic hydroxyl groups is 1. The molecule has 40 heavy (non-hydrogen) atoms. The number of rotatable bonds is 10. The van der Waals surface area contributed by atoms with Gasteiger partial charge in [0, 0.05) is 23.3 Å². The Bertz CT molecular complexity index is 1550. The number of tetrazole rings is 1. The SMILES string of the molecule is COC(=O)C(Cc1cccc(CSc2nnnn2-c2ccc(O)cc2)c1)N=C(c1ccccc1)c1ccccc1. The first-order chi connectivity index (χ1) is 19.6. The van der Waals surface area contributed by atoms with Gasteiger partial charge in [0.2, 0.25) is 5.16 Å². The maximum absolute atomic E-state index is 12.9. The highest BCUT2D eigenvalue weighted by Gasteiger charge is 2.21. The molecule has 0 bridgehead atoms. The van der Waals surface area contributed by atoms with E-state index in [0.717, 1.165) is 33.7 Å². The average molecular weight is 550 g/mol. The van der Waals surface area contributed by atoms with E-state index in [4.69, 9.17) is 9.73 Å². The first-order valence-corrected chi connectivity index (χ1v) is 13.6. The van der Waals surface area contributed by atoms with Crippen LogP contribution in [0.15, 0.2) is 119 Å². The third-order valence-electron chi connectivity index (χ3n) is 6.18. The molecule has 200 valence electrons. The molecule has 1 N–H and O–H groups in total. The molecule has 1 unspecified atom stereocenters. The van der Waals surface area contributed by atoms with Crippen molar-refractivity contribution >= 4 is 23.4 Å². The van der Waals surface area contributed by atoms with E-state index in [-0.39, 0.29) is 5.75 Å². The van der Waals surface area contributed by atoms with Crippen LogP contribution < -0.4 is 0 Å². The highest BCUT2D eigenvalue weighted by molar-refractivity contribution is 7.98. The molecule has 0 aliphatic rings. The molecule has 0 aliphatic carbocycles. The standard InChI is InChI=1S/C31H27N5O3S/c1-39-30(38)28(32-29(24-11-4-2-5-12-24)25-13-6-3-7-14-25)20-22-9-8-10-23(19-22)21-40-31-33-34-35-36(31)26-15-17-27(37)18-16-26/h2-19,28,37H,20-21H2,1H3. The van der Waals surface area contributed by atoms with Crippen molar-refractivity contribution in [1.82, 2.24) is 20.2 Å². The summed E-state index contributed by atoms with van der Waals surface area (Å²) in [6.07, 6.45) is 0.388. The minimum absolute atomic E-state index is 0.178. The number of phenols is 1. The van der Waals surface area contributed by atoms with E-state index in [9.17, 15) is 9.90 Å². The predicted molar refractivity (Wildman–Crippen MR) is 155 cm³/mol. The number of thioether (sulfide) groups is 1. The average Bonchev–Trinajstić information content (AvgIpc) is 3.48. The number of aromatic nitrogens is 4.